The summed E-state index contributed by atoms with van der Waals surface area (Å²) in [6.45, 7) is 11.5. The molecular weight excluding hydrogens is 168 g/mol. The van der Waals surface area contributed by atoms with Crippen LogP contribution in [0.5, 0.6) is 0 Å². The van der Waals surface area contributed by atoms with Crippen molar-refractivity contribution in [3.63, 3.8) is 0 Å². The van der Waals surface area contributed by atoms with E-state index in [-0.39, 0.29) is 12.1 Å². The number of hydrogen-bond acceptors (Lipinski definition) is 3. The Labute approximate surface area is 79.7 Å². The van der Waals surface area contributed by atoms with Gasteiger partial charge in [-0.25, -0.2) is 4.79 Å². The highest BCUT2D eigenvalue weighted by molar-refractivity contribution is 5.87. The van der Waals surface area contributed by atoms with Gasteiger partial charge in [0.25, 0.3) is 0 Å². The minimum absolute atomic E-state index is 0.226. The van der Waals surface area contributed by atoms with Crippen molar-refractivity contribution in [1.82, 2.24) is 0 Å². The van der Waals surface area contributed by atoms with Gasteiger partial charge in [0.05, 0.1) is 6.61 Å². The van der Waals surface area contributed by atoms with Gasteiger partial charge in [0, 0.05) is 12.2 Å². The summed E-state index contributed by atoms with van der Waals surface area (Å²) in [5, 5.41) is 0. The van der Waals surface area contributed by atoms with Crippen LogP contribution in [-0.4, -0.2) is 25.3 Å². The summed E-state index contributed by atoms with van der Waals surface area (Å²) in [4.78, 5) is 11.0. The monoisotopic (exact) mass is 185 g/mol. The molecule has 0 heterocycles. The highest BCUT2D eigenvalue weighted by Gasteiger charge is 2.09. The van der Waals surface area contributed by atoms with Crippen LogP contribution >= 0.6 is 0 Å². The lowest BCUT2D eigenvalue weighted by atomic mass is 10.3. The lowest BCUT2D eigenvalue weighted by Gasteiger charge is -2.12. The molecule has 0 aliphatic heterocycles. The predicted molar refractivity (Wildman–Crippen MR) is 51.2 cm³/mol. The lowest BCUT2D eigenvalue weighted by Crippen LogP contribution is -2.20. The van der Waals surface area contributed by atoms with Gasteiger partial charge in [-0.3, -0.25) is 0 Å². The first kappa shape index (κ1) is 12.2. The van der Waals surface area contributed by atoms with Crippen molar-refractivity contribution >= 4 is 5.97 Å². The standard InChI is InChI=1S/C10H17O3/c1-5-6-12-7-9(4)13-10(11)8(2)3/h9H,1-2,5-7H2,3-4H3. The molecule has 75 valence electrons. The molecule has 0 spiro atoms. The van der Waals surface area contributed by atoms with Crippen molar-refractivity contribution in [1.29, 1.82) is 0 Å². The van der Waals surface area contributed by atoms with Gasteiger partial charge in [-0.15, -0.1) is 0 Å². The summed E-state index contributed by atoms with van der Waals surface area (Å²) in [5.41, 5.74) is 0.406. The summed E-state index contributed by atoms with van der Waals surface area (Å²) in [5.74, 6) is -0.370. The fourth-order valence-corrected chi connectivity index (χ4v) is 0.669. The Hall–Kier alpha value is -0.830. The number of rotatable bonds is 6. The molecule has 0 aliphatic rings. The van der Waals surface area contributed by atoms with Gasteiger partial charge in [0.1, 0.15) is 6.10 Å². The number of esters is 1. The summed E-state index contributed by atoms with van der Waals surface area (Å²) < 4.78 is 10.1. The molecule has 1 atom stereocenters. The smallest absolute Gasteiger partial charge is 0.333 e. The maximum Gasteiger partial charge on any atom is 0.333 e. The van der Waals surface area contributed by atoms with E-state index in [9.17, 15) is 4.79 Å². The number of carbonyl (C=O) groups excluding carboxylic acids is 1. The van der Waals surface area contributed by atoms with Gasteiger partial charge in [-0.1, -0.05) is 13.5 Å². The van der Waals surface area contributed by atoms with Crippen molar-refractivity contribution in [3.8, 4) is 0 Å². The van der Waals surface area contributed by atoms with Crippen LogP contribution in [-0.2, 0) is 14.3 Å². The molecule has 0 saturated carbocycles. The molecule has 13 heavy (non-hydrogen) atoms. The normalized spacial score (nSPS) is 12.2. The molecule has 0 rings (SSSR count). The van der Waals surface area contributed by atoms with Crippen LogP contribution < -0.4 is 0 Å². The Kier molecular flexibility index (Phi) is 6.24. The maximum atomic E-state index is 11.0. The van der Waals surface area contributed by atoms with Crippen molar-refractivity contribution < 1.29 is 14.3 Å². The van der Waals surface area contributed by atoms with E-state index in [4.69, 9.17) is 9.47 Å². The molecule has 0 amide bonds. The Morgan fingerprint density at radius 2 is 2.15 bits per heavy atom. The van der Waals surface area contributed by atoms with Gasteiger partial charge < -0.3 is 9.47 Å². The van der Waals surface area contributed by atoms with Gasteiger partial charge in [-0.05, 0) is 20.3 Å². The molecule has 1 radical (unpaired) electrons. The van der Waals surface area contributed by atoms with E-state index in [1.807, 2.05) is 0 Å². The average Bonchev–Trinajstić information content (AvgIpc) is 2.04. The summed E-state index contributed by atoms with van der Waals surface area (Å²) in [7, 11) is 0. The molecule has 1 unspecified atom stereocenters. The molecule has 0 bridgehead atoms. The Bertz CT molecular complexity index is 175. The predicted octanol–water partition coefficient (Wildman–Crippen LogP) is 1.73. The van der Waals surface area contributed by atoms with Gasteiger partial charge in [0.15, 0.2) is 0 Å². The van der Waals surface area contributed by atoms with Crippen LogP contribution in [0.1, 0.15) is 20.3 Å². The number of hydrogen-bond donors (Lipinski definition) is 0. The maximum absolute atomic E-state index is 11.0. The van der Waals surface area contributed by atoms with Crippen LogP contribution in [0.4, 0.5) is 0 Å². The zero-order valence-corrected chi connectivity index (χ0v) is 8.34. The molecule has 0 aliphatic carbocycles. The van der Waals surface area contributed by atoms with Crippen LogP contribution in [0.3, 0.4) is 0 Å². The van der Waals surface area contributed by atoms with Gasteiger partial charge in [-0.2, -0.15) is 0 Å². The summed E-state index contributed by atoms with van der Waals surface area (Å²) >= 11 is 0. The molecule has 3 heteroatoms. The minimum Gasteiger partial charge on any atom is -0.457 e. The quantitative estimate of drug-likeness (QED) is 0.359. The number of carbonyl (C=O) groups is 1. The lowest BCUT2D eigenvalue weighted by molar-refractivity contribution is -0.146. The van der Waals surface area contributed by atoms with Crippen LogP contribution in [0.2, 0.25) is 0 Å². The van der Waals surface area contributed by atoms with E-state index in [0.29, 0.717) is 18.8 Å². The molecule has 0 aromatic carbocycles. The molecule has 0 fully saturated rings. The van der Waals surface area contributed by atoms with E-state index >= 15 is 0 Å². The van der Waals surface area contributed by atoms with E-state index in [1.54, 1.807) is 13.8 Å². The molecule has 0 N–H and O–H groups in total. The largest absolute Gasteiger partial charge is 0.457 e. The zero-order valence-electron chi connectivity index (χ0n) is 8.34. The van der Waals surface area contributed by atoms with E-state index in [1.165, 1.54) is 0 Å². The number of ether oxygens (including phenoxy) is 2. The topological polar surface area (TPSA) is 35.5 Å². The fraction of sp³-hybridized carbons (Fsp3) is 0.600. The van der Waals surface area contributed by atoms with Gasteiger partial charge >= 0.3 is 5.97 Å². The molecule has 3 nitrogen and oxygen atoms in total. The van der Waals surface area contributed by atoms with Crippen molar-refractivity contribution in [2.75, 3.05) is 13.2 Å². The highest BCUT2D eigenvalue weighted by Crippen LogP contribution is 1.98. The fourth-order valence-electron chi connectivity index (χ4n) is 0.669. The van der Waals surface area contributed by atoms with Crippen LogP contribution in [0.25, 0.3) is 0 Å². The second kappa shape index (κ2) is 6.66. The molecule has 0 aromatic rings. The van der Waals surface area contributed by atoms with Crippen molar-refractivity contribution in [2.24, 2.45) is 0 Å². The first-order valence-electron chi connectivity index (χ1n) is 4.31. The molecule has 0 saturated heterocycles. The minimum atomic E-state index is -0.370. The SMILES string of the molecule is [CH2]CCOCC(C)OC(=O)C(=C)C. The van der Waals surface area contributed by atoms with Crippen molar-refractivity contribution in [2.45, 2.75) is 26.4 Å². The summed E-state index contributed by atoms with van der Waals surface area (Å²) in [6, 6.07) is 0. The Balaban J connectivity index is 3.55. The van der Waals surface area contributed by atoms with Gasteiger partial charge in [0.2, 0.25) is 0 Å². The third-order valence-electron chi connectivity index (χ3n) is 1.30. The molecule has 0 aromatic heterocycles. The van der Waals surface area contributed by atoms with E-state index in [2.05, 4.69) is 13.5 Å². The average molecular weight is 185 g/mol. The second-order valence-electron chi connectivity index (χ2n) is 2.92. The zero-order chi connectivity index (χ0) is 10.3. The van der Waals surface area contributed by atoms with Crippen LogP contribution in [0, 0.1) is 6.92 Å². The third kappa shape index (κ3) is 6.34. The Morgan fingerprint density at radius 1 is 1.54 bits per heavy atom. The first-order chi connectivity index (χ1) is 6.07. The first-order valence-corrected chi connectivity index (χ1v) is 4.31. The van der Waals surface area contributed by atoms with Crippen LogP contribution in [0.15, 0.2) is 12.2 Å². The van der Waals surface area contributed by atoms with E-state index in [0.717, 1.165) is 6.42 Å². The Morgan fingerprint density at radius 3 is 2.62 bits per heavy atom. The van der Waals surface area contributed by atoms with Crippen molar-refractivity contribution in [3.05, 3.63) is 19.1 Å². The highest BCUT2D eigenvalue weighted by atomic mass is 16.6. The third-order valence-corrected chi connectivity index (χ3v) is 1.30. The summed E-state index contributed by atoms with van der Waals surface area (Å²) in [6.07, 6.45) is 0.497. The van der Waals surface area contributed by atoms with E-state index < -0.39 is 0 Å². The second-order valence-corrected chi connectivity index (χ2v) is 2.92. The molecular formula is C10H17O3.